The predicted octanol–water partition coefficient (Wildman–Crippen LogP) is -2.07. The summed E-state index contributed by atoms with van der Waals surface area (Å²) in [6, 6.07) is 0. The molecule has 2 N–H and O–H groups in total. The number of rotatable bonds is 5. The lowest BCUT2D eigenvalue weighted by molar-refractivity contribution is -0.152. The normalized spacial score (nSPS) is 26.9. The number of ketones is 1. The number of carbonyl (C=O) groups is 3. The molecule has 3 atom stereocenters. The highest BCUT2D eigenvalue weighted by molar-refractivity contribution is 6.37. The van der Waals surface area contributed by atoms with E-state index >= 15 is 0 Å². The number of esters is 1. The third-order valence-corrected chi connectivity index (χ3v) is 1.95. The minimum Gasteiger partial charge on any atom is -0.485 e. The first kappa shape index (κ1) is 12.3. The van der Waals surface area contributed by atoms with Gasteiger partial charge in [0.2, 0.25) is 6.10 Å². The first-order valence-corrected chi connectivity index (χ1v) is 4.41. The molecule has 7 heteroatoms. The summed E-state index contributed by atoms with van der Waals surface area (Å²) in [5, 5.41) is 17.9. The number of hydrogen-bond acceptors (Lipinski definition) is 7. The van der Waals surface area contributed by atoms with Crippen LogP contribution in [0, 0.1) is 0 Å². The van der Waals surface area contributed by atoms with Gasteiger partial charge in [0.1, 0.15) is 12.4 Å². The zero-order chi connectivity index (χ0) is 12.1. The Bertz CT molecular complexity index is 322. The van der Waals surface area contributed by atoms with Crippen molar-refractivity contribution in [3.8, 4) is 0 Å². The summed E-state index contributed by atoms with van der Waals surface area (Å²) in [5.74, 6) is -2.10. The Morgan fingerprint density at radius 2 is 2.19 bits per heavy atom. The molecule has 16 heavy (non-hydrogen) atoms. The molecule has 0 aliphatic carbocycles. The van der Waals surface area contributed by atoms with Crippen molar-refractivity contribution in [3.05, 3.63) is 12.3 Å². The lowest BCUT2D eigenvalue weighted by Gasteiger charge is -2.19. The van der Waals surface area contributed by atoms with Crippen LogP contribution < -0.4 is 0 Å². The van der Waals surface area contributed by atoms with Crippen LogP contribution in [0.3, 0.4) is 0 Å². The molecule has 88 valence electrons. The van der Waals surface area contributed by atoms with E-state index in [9.17, 15) is 19.5 Å². The summed E-state index contributed by atoms with van der Waals surface area (Å²) in [6.45, 7) is -0.678. The number of ether oxygens (including phenoxy) is 2. The van der Waals surface area contributed by atoms with Gasteiger partial charge in [0, 0.05) is 6.08 Å². The fourth-order valence-corrected chi connectivity index (χ4v) is 1.19. The van der Waals surface area contributed by atoms with Gasteiger partial charge in [0.15, 0.2) is 6.10 Å². The fourth-order valence-electron chi connectivity index (χ4n) is 1.19. The fraction of sp³-hybridized carbons (Fsp3) is 0.444. The van der Waals surface area contributed by atoms with Gasteiger partial charge in [-0.1, -0.05) is 0 Å². The molecule has 1 saturated heterocycles. The summed E-state index contributed by atoms with van der Waals surface area (Å²) >= 11 is 0. The molecule has 0 aromatic heterocycles. The Hall–Kier alpha value is -1.73. The molecule has 0 bridgehead atoms. The number of aliphatic hydroxyl groups is 2. The summed E-state index contributed by atoms with van der Waals surface area (Å²) in [4.78, 5) is 32.1. The van der Waals surface area contributed by atoms with Crippen molar-refractivity contribution in [2.45, 2.75) is 18.3 Å². The summed E-state index contributed by atoms with van der Waals surface area (Å²) in [5.41, 5.74) is 0. The Morgan fingerprint density at radius 1 is 1.50 bits per heavy atom. The van der Waals surface area contributed by atoms with Crippen molar-refractivity contribution in [2.75, 3.05) is 6.61 Å². The molecule has 1 aliphatic rings. The van der Waals surface area contributed by atoms with Crippen LogP contribution in [-0.2, 0) is 23.9 Å². The average molecular weight is 230 g/mol. The van der Waals surface area contributed by atoms with Crippen LogP contribution >= 0.6 is 0 Å². The number of aliphatic hydroxyl groups excluding tert-OH is 2. The zero-order valence-electron chi connectivity index (χ0n) is 8.11. The Balaban J connectivity index is 2.75. The van der Waals surface area contributed by atoms with Crippen molar-refractivity contribution in [1.82, 2.24) is 0 Å². The van der Waals surface area contributed by atoms with Gasteiger partial charge in [0.05, 0.1) is 12.9 Å². The van der Waals surface area contributed by atoms with E-state index in [1.807, 2.05) is 0 Å². The number of cyclic esters (lactones) is 1. The second kappa shape index (κ2) is 5.38. The van der Waals surface area contributed by atoms with E-state index in [4.69, 9.17) is 9.84 Å². The number of Topliss-reactive ketones (excluding diaryl/α,β-unsaturated/α-hetero) is 1. The zero-order valence-corrected chi connectivity index (χ0v) is 8.11. The van der Waals surface area contributed by atoms with E-state index in [-0.39, 0.29) is 0 Å². The maximum absolute atomic E-state index is 11.2. The summed E-state index contributed by atoms with van der Waals surface area (Å²) in [7, 11) is 0. The van der Waals surface area contributed by atoms with E-state index in [1.165, 1.54) is 0 Å². The van der Waals surface area contributed by atoms with E-state index in [1.54, 1.807) is 0 Å². The first-order chi connectivity index (χ1) is 7.61. The van der Waals surface area contributed by atoms with Gasteiger partial charge in [-0.25, -0.2) is 4.79 Å². The molecule has 1 fully saturated rings. The van der Waals surface area contributed by atoms with Gasteiger partial charge in [0.25, 0.3) is 5.78 Å². The van der Waals surface area contributed by atoms with E-state index in [0.717, 1.165) is 12.3 Å². The molecule has 1 rings (SSSR count). The third kappa shape index (κ3) is 2.44. The molecule has 0 spiro atoms. The number of allylic oxidation sites excluding steroid dienone is 1. The second-order valence-corrected chi connectivity index (χ2v) is 3.01. The topological polar surface area (TPSA) is 110 Å². The molecular formula is C9H10O7. The van der Waals surface area contributed by atoms with Crippen LogP contribution in [0.15, 0.2) is 12.3 Å². The van der Waals surface area contributed by atoms with Crippen molar-refractivity contribution in [1.29, 1.82) is 0 Å². The van der Waals surface area contributed by atoms with Crippen LogP contribution in [0.25, 0.3) is 0 Å². The quantitative estimate of drug-likeness (QED) is 0.183. The maximum Gasteiger partial charge on any atom is 0.379 e. The first-order valence-electron chi connectivity index (χ1n) is 4.41. The van der Waals surface area contributed by atoms with Crippen LogP contribution in [-0.4, -0.2) is 53.2 Å². The minimum absolute atomic E-state index is 0.416. The maximum atomic E-state index is 11.2. The van der Waals surface area contributed by atoms with Gasteiger partial charge in [-0.05, 0) is 0 Å². The van der Waals surface area contributed by atoms with Gasteiger partial charge >= 0.3 is 5.97 Å². The molecule has 7 nitrogen and oxygen atoms in total. The molecule has 0 amide bonds. The number of hydrogen-bond donors (Lipinski definition) is 2. The molecule has 0 aromatic rings. The van der Waals surface area contributed by atoms with E-state index in [0.29, 0.717) is 6.29 Å². The predicted molar refractivity (Wildman–Crippen MR) is 48.1 cm³/mol. The monoisotopic (exact) mass is 230 g/mol. The molecule has 0 radical (unpaired) electrons. The number of aldehydes is 1. The smallest absolute Gasteiger partial charge is 0.379 e. The highest BCUT2D eigenvalue weighted by Crippen LogP contribution is 2.18. The molecule has 1 heterocycles. The largest absolute Gasteiger partial charge is 0.485 e. The van der Waals surface area contributed by atoms with Crippen LogP contribution in [0.5, 0.6) is 0 Å². The molecule has 0 aromatic carbocycles. The Kier molecular flexibility index (Phi) is 4.15. The van der Waals surface area contributed by atoms with Crippen molar-refractivity contribution >= 4 is 18.0 Å². The van der Waals surface area contributed by atoms with Gasteiger partial charge < -0.3 is 19.7 Å². The standard InChI is InChI=1S/C9H10O7/c10-2-1-3-15-8-6(13)9(14)16-7(8)5(12)4-11/h1-3,5,7-8,11-12H,4H2/t5-,7+,8?/m0/s1. The SMILES string of the molecule is O=CC=COC1C(=O)C(=O)O[C@@H]1[C@@H](O)CO. The molecule has 1 unspecified atom stereocenters. The van der Waals surface area contributed by atoms with Crippen LogP contribution in [0.1, 0.15) is 0 Å². The van der Waals surface area contributed by atoms with Gasteiger partial charge in [-0.2, -0.15) is 0 Å². The van der Waals surface area contributed by atoms with Crippen molar-refractivity contribution < 1.29 is 34.1 Å². The highest BCUT2D eigenvalue weighted by Gasteiger charge is 2.48. The number of carbonyl (C=O) groups excluding carboxylic acids is 3. The van der Waals surface area contributed by atoms with Crippen molar-refractivity contribution in [3.63, 3.8) is 0 Å². The van der Waals surface area contributed by atoms with Crippen LogP contribution in [0.4, 0.5) is 0 Å². The summed E-state index contributed by atoms with van der Waals surface area (Å²) in [6.07, 6.45) is -1.72. The summed E-state index contributed by atoms with van der Waals surface area (Å²) < 4.78 is 9.31. The van der Waals surface area contributed by atoms with Crippen molar-refractivity contribution in [2.24, 2.45) is 0 Å². The van der Waals surface area contributed by atoms with Gasteiger partial charge in [-0.3, -0.25) is 9.59 Å². The highest BCUT2D eigenvalue weighted by atomic mass is 16.6. The second-order valence-electron chi connectivity index (χ2n) is 3.01. The Morgan fingerprint density at radius 3 is 2.75 bits per heavy atom. The molecule has 0 saturated carbocycles. The van der Waals surface area contributed by atoms with Gasteiger partial charge in [-0.15, -0.1) is 0 Å². The third-order valence-electron chi connectivity index (χ3n) is 1.95. The molecular weight excluding hydrogens is 220 g/mol. The average Bonchev–Trinajstić information content (AvgIpc) is 2.56. The Labute approximate surface area is 90.3 Å². The van der Waals surface area contributed by atoms with Crippen LogP contribution in [0.2, 0.25) is 0 Å². The lowest BCUT2D eigenvalue weighted by atomic mass is 10.1. The molecule has 1 aliphatic heterocycles. The lowest BCUT2D eigenvalue weighted by Crippen LogP contribution is -2.40. The van der Waals surface area contributed by atoms with E-state index in [2.05, 4.69) is 4.74 Å². The van der Waals surface area contributed by atoms with E-state index < -0.39 is 36.7 Å². The minimum atomic E-state index is -1.41.